The highest BCUT2D eigenvalue weighted by Gasteiger charge is 2.17. The SMILES string of the molecule is Cc1ccc(CNS(=O)(=O)c2ccccc2CN)s1. The molecule has 0 amide bonds. The van der Waals surface area contributed by atoms with Crippen molar-refractivity contribution in [2.75, 3.05) is 0 Å². The van der Waals surface area contributed by atoms with E-state index in [1.54, 1.807) is 35.6 Å². The fourth-order valence-corrected chi connectivity index (χ4v) is 3.94. The molecule has 0 saturated carbocycles. The van der Waals surface area contributed by atoms with Crippen LogP contribution in [0.2, 0.25) is 0 Å². The number of hydrogen-bond acceptors (Lipinski definition) is 4. The highest BCUT2D eigenvalue weighted by Crippen LogP contribution is 2.18. The number of nitrogens with two attached hydrogens (primary N) is 1. The van der Waals surface area contributed by atoms with Crippen molar-refractivity contribution < 1.29 is 8.42 Å². The number of hydrogen-bond donors (Lipinski definition) is 2. The Kier molecular flexibility index (Phi) is 4.36. The van der Waals surface area contributed by atoms with Gasteiger partial charge in [-0.15, -0.1) is 11.3 Å². The van der Waals surface area contributed by atoms with Crippen molar-refractivity contribution >= 4 is 21.4 Å². The summed E-state index contributed by atoms with van der Waals surface area (Å²) < 4.78 is 27.1. The van der Waals surface area contributed by atoms with Gasteiger partial charge in [0.15, 0.2) is 0 Å². The molecule has 0 bridgehead atoms. The van der Waals surface area contributed by atoms with Gasteiger partial charge < -0.3 is 5.73 Å². The second-order valence-electron chi connectivity index (χ2n) is 4.15. The molecular weight excluding hydrogens is 280 g/mol. The standard InChI is InChI=1S/C13H16N2O2S2/c1-10-6-7-12(18-10)9-15-19(16,17)13-5-3-2-4-11(13)8-14/h2-7,15H,8-9,14H2,1H3. The number of aryl methyl sites for hydroxylation is 1. The molecule has 2 aromatic rings. The van der Waals surface area contributed by atoms with Gasteiger partial charge in [0.2, 0.25) is 10.0 Å². The lowest BCUT2D eigenvalue weighted by molar-refractivity contribution is 0.580. The summed E-state index contributed by atoms with van der Waals surface area (Å²) in [6, 6.07) is 10.7. The number of benzene rings is 1. The average molecular weight is 296 g/mol. The number of rotatable bonds is 5. The lowest BCUT2D eigenvalue weighted by Crippen LogP contribution is -2.24. The zero-order valence-corrected chi connectivity index (χ0v) is 12.2. The maximum absolute atomic E-state index is 12.2. The maximum Gasteiger partial charge on any atom is 0.241 e. The molecule has 0 fully saturated rings. The molecule has 1 aromatic carbocycles. The van der Waals surface area contributed by atoms with Crippen LogP contribution in [0.5, 0.6) is 0 Å². The first-order valence-corrected chi connectivity index (χ1v) is 8.16. The topological polar surface area (TPSA) is 72.2 Å². The highest BCUT2D eigenvalue weighted by molar-refractivity contribution is 7.89. The van der Waals surface area contributed by atoms with Crippen LogP contribution in [0, 0.1) is 6.92 Å². The summed E-state index contributed by atoms with van der Waals surface area (Å²) in [5, 5.41) is 0. The van der Waals surface area contributed by atoms with Crippen LogP contribution in [0.1, 0.15) is 15.3 Å². The van der Waals surface area contributed by atoms with E-state index in [1.165, 1.54) is 0 Å². The Morgan fingerprint density at radius 3 is 2.58 bits per heavy atom. The van der Waals surface area contributed by atoms with Crippen molar-refractivity contribution in [3.05, 3.63) is 51.7 Å². The predicted molar refractivity (Wildman–Crippen MR) is 77.4 cm³/mol. The second kappa shape index (κ2) is 5.83. The zero-order valence-electron chi connectivity index (χ0n) is 10.6. The van der Waals surface area contributed by atoms with E-state index in [9.17, 15) is 8.42 Å². The number of sulfonamides is 1. The lowest BCUT2D eigenvalue weighted by Gasteiger charge is -2.09. The van der Waals surface area contributed by atoms with Crippen molar-refractivity contribution in [3.63, 3.8) is 0 Å². The van der Waals surface area contributed by atoms with E-state index in [0.717, 1.165) is 9.75 Å². The van der Waals surface area contributed by atoms with E-state index in [1.807, 2.05) is 19.1 Å². The number of thiophene rings is 1. The summed E-state index contributed by atoms with van der Waals surface area (Å²) in [5.41, 5.74) is 6.19. The second-order valence-corrected chi connectivity index (χ2v) is 7.26. The minimum atomic E-state index is -3.52. The molecule has 0 saturated heterocycles. The first-order valence-electron chi connectivity index (χ1n) is 5.86. The molecule has 0 spiro atoms. The molecule has 1 aromatic heterocycles. The normalized spacial score (nSPS) is 11.7. The van der Waals surface area contributed by atoms with Gasteiger partial charge in [-0.2, -0.15) is 0 Å². The quantitative estimate of drug-likeness (QED) is 0.886. The van der Waals surface area contributed by atoms with Gasteiger partial charge in [-0.25, -0.2) is 13.1 Å². The summed E-state index contributed by atoms with van der Waals surface area (Å²) in [6.07, 6.45) is 0. The molecule has 0 aliphatic carbocycles. The van der Waals surface area contributed by atoms with Crippen LogP contribution in [0.3, 0.4) is 0 Å². The van der Waals surface area contributed by atoms with Gasteiger partial charge in [-0.1, -0.05) is 18.2 Å². The van der Waals surface area contributed by atoms with Crippen LogP contribution in [0.25, 0.3) is 0 Å². The average Bonchev–Trinajstić information content (AvgIpc) is 2.82. The Labute approximate surface area is 117 Å². The van der Waals surface area contributed by atoms with Crippen molar-refractivity contribution in [1.82, 2.24) is 4.72 Å². The smallest absolute Gasteiger partial charge is 0.241 e. The molecule has 2 rings (SSSR count). The molecule has 6 heteroatoms. The van der Waals surface area contributed by atoms with E-state index in [0.29, 0.717) is 12.1 Å². The van der Waals surface area contributed by atoms with Gasteiger partial charge in [0, 0.05) is 22.8 Å². The lowest BCUT2D eigenvalue weighted by atomic mass is 10.2. The molecule has 0 atom stereocenters. The summed E-state index contributed by atoms with van der Waals surface area (Å²) in [4.78, 5) is 2.41. The molecule has 3 N–H and O–H groups in total. The third-order valence-corrected chi connectivity index (χ3v) is 5.22. The largest absolute Gasteiger partial charge is 0.326 e. The Morgan fingerprint density at radius 1 is 1.21 bits per heavy atom. The molecular formula is C13H16N2O2S2. The van der Waals surface area contributed by atoms with Crippen LogP contribution in [0.15, 0.2) is 41.3 Å². The maximum atomic E-state index is 12.2. The molecule has 0 radical (unpaired) electrons. The van der Waals surface area contributed by atoms with Gasteiger partial charge in [-0.05, 0) is 30.7 Å². The fourth-order valence-electron chi connectivity index (χ4n) is 1.76. The summed E-state index contributed by atoms with van der Waals surface area (Å²) >= 11 is 1.58. The van der Waals surface area contributed by atoms with Gasteiger partial charge in [-0.3, -0.25) is 0 Å². The summed E-state index contributed by atoms with van der Waals surface area (Å²) in [5.74, 6) is 0. The Balaban J connectivity index is 2.18. The first kappa shape index (κ1) is 14.2. The van der Waals surface area contributed by atoms with Crippen LogP contribution in [-0.4, -0.2) is 8.42 Å². The van der Waals surface area contributed by atoms with Gasteiger partial charge in [0.1, 0.15) is 0 Å². The van der Waals surface area contributed by atoms with Crippen molar-refractivity contribution in [2.45, 2.75) is 24.9 Å². The monoisotopic (exact) mass is 296 g/mol. The summed E-state index contributed by atoms with van der Waals surface area (Å²) in [6.45, 7) is 2.50. The molecule has 0 aliphatic rings. The van der Waals surface area contributed by atoms with Crippen LogP contribution >= 0.6 is 11.3 Å². The van der Waals surface area contributed by atoms with E-state index in [2.05, 4.69) is 4.72 Å². The predicted octanol–water partition coefficient (Wildman–Crippen LogP) is 1.99. The molecule has 102 valence electrons. The summed E-state index contributed by atoms with van der Waals surface area (Å²) in [7, 11) is -3.52. The number of nitrogens with one attached hydrogen (secondary N) is 1. The van der Waals surface area contributed by atoms with E-state index in [4.69, 9.17) is 5.73 Å². The van der Waals surface area contributed by atoms with Crippen molar-refractivity contribution in [2.24, 2.45) is 5.73 Å². The Bertz CT molecular complexity index is 663. The minimum Gasteiger partial charge on any atom is -0.326 e. The Morgan fingerprint density at radius 2 is 1.95 bits per heavy atom. The van der Waals surface area contributed by atoms with Gasteiger partial charge in [0.25, 0.3) is 0 Å². The third kappa shape index (κ3) is 3.42. The van der Waals surface area contributed by atoms with Gasteiger partial charge >= 0.3 is 0 Å². The Hall–Kier alpha value is -1.21. The molecule has 19 heavy (non-hydrogen) atoms. The molecule has 0 unspecified atom stereocenters. The van der Waals surface area contributed by atoms with E-state index < -0.39 is 10.0 Å². The minimum absolute atomic E-state index is 0.204. The van der Waals surface area contributed by atoms with E-state index >= 15 is 0 Å². The van der Waals surface area contributed by atoms with Crippen molar-refractivity contribution in [3.8, 4) is 0 Å². The van der Waals surface area contributed by atoms with E-state index in [-0.39, 0.29) is 11.4 Å². The highest BCUT2D eigenvalue weighted by atomic mass is 32.2. The van der Waals surface area contributed by atoms with Crippen molar-refractivity contribution in [1.29, 1.82) is 0 Å². The molecule has 1 heterocycles. The fraction of sp³-hybridized carbons (Fsp3) is 0.231. The van der Waals surface area contributed by atoms with Gasteiger partial charge in [0.05, 0.1) is 4.90 Å². The molecule has 4 nitrogen and oxygen atoms in total. The zero-order chi connectivity index (χ0) is 13.9. The van der Waals surface area contributed by atoms with Crippen LogP contribution in [0.4, 0.5) is 0 Å². The molecule has 0 aliphatic heterocycles. The first-order chi connectivity index (χ1) is 9.03. The van der Waals surface area contributed by atoms with Crippen LogP contribution < -0.4 is 10.5 Å². The third-order valence-electron chi connectivity index (χ3n) is 2.71. The van der Waals surface area contributed by atoms with Crippen LogP contribution in [-0.2, 0) is 23.1 Å².